The number of rotatable bonds is 3. The van der Waals surface area contributed by atoms with Crippen molar-refractivity contribution in [3.8, 4) is 0 Å². The molecule has 0 aliphatic rings. The summed E-state index contributed by atoms with van der Waals surface area (Å²) in [7, 11) is 1.64. The molecule has 0 saturated carbocycles. The molecule has 0 fully saturated rings. The molecule has 0 saturated heterocycles. The van der Waals surface area contributed by atoms with Gasteiger partial charge in [0.05, 0.1) is 12.0 Å². The van der Waals surface area contributed by atoms with E-state index in [1.807, 2.05) is 31.2 Å². The van der Waals surface area contributed by atoms with E-state index >= 15 is 0 Å². The molecule has 0 radical (unpaired) electrons. The summed E-state index contributed by atoms with van der Waals surface area (Å²) in [5.74, 6) is 0. The number of aryl methyl sites for hydroxylation is 1. The molecule has 1 N–H and O–H groups in total. The van der Waals surface area contributed by atoms with Crippen LogP contribution in [0.1, 0.15) is 5.56 Å². The van der Waals surface area contributed by atoms with E-state index in [0.29, 0.717) is 10.7 Å². The van der Waals surface area contributed by atoms with Gasteiger partial charge in [0.2, 0.25) is 0 Å². The second kappa shape index (κ2) is 6.90. The lowest BCUT2D eigenvalue weighted by Crippen LogP contribution is -2.29. The first kappa shape index (κ1) is 15.1. The van der Waals surface area contributed by atoms with Crippen LogP contribution in [0.25, 0.3) is 0 Å². The predicted molar refractivity (Wildman–Crippen MR) is 87.6 cm³/mol. The van der Waals surface area contributed by atoms with E-state index in [-0.39, 0.29) is 6.03 Å². The number of aliphatic imine (C=N–C) groups is 1. The first-order valence-electron chi connectivity index (χ1n) is 6.45. The number of nitrogens with one attached hydrogen (secondary N) is 1. The summed E-state index contributed by atoms with van der Waals surface area (Å²) in [6, 6.07) is 14.4. The molecule has 2 amide bonds. The maximum Gasteiger partial charge on any atom is 0.326 e. The van der Waals surface area contributed by atoms with E-state index in [1.165, 1.54) is 16.8 Å². The van der Waals surface area contributed by atoms with Gasteiger partial charge in [-0.25, -0.2) is 9.79 Å². The summed E-state index contributed by atoms with van der Waals surface area (Å²) in [5.41, 5.74) is 2.65. The molecule has 2 aromatic rings. The van der Waals surface area contributed by atoms with Gasteiger partial charge in [-0.15, -0.1) is 0 Å². The first-order valence-corrected chi connectivity index (χ1v) is 6.82. The Bertz CT molecular complexity index is 636. The summed E-state index contributed by atoms with van der Waals surface area (Å²) >= 11 is 5.80. The quantitative estimate of drug-likeness (QED) is 0.659. The average Bonchev–Trinajstić information content (AvgIpc) is 2.48. The van der Waals surface area contributed by atoms with Crippen molar-refractivity contribution in [1.29, 1.82) is 0 Å². The second-order valence-electron chi connectivity index (χ2n) is 4.63. The van der Waals surface area contributed by atoms with Crippen LogP contribution < -0.4 is 5.32 Å². The van der Waals surface area contributed by atoms with Gasteiger partial charge in [0.15, 0.2) is 0 Å². The molecule has 108 valence electrons. The minimum Gasteiger partial charge on any atom is -0.308 e. The zero-order chi connectivity index (χ0) is 15.2. The Labute approximate surface area is 129 Å². The SMILES string of the molecule is Cc1ccc(N=CN(C)C(=O)Nc2ccc(Cl)cc2)cc1. The predicted octanol–water partition coefficient (Wildman–Crippen LogP) is 4.47. The molecule has 0 heterocycles. The molecule has 0 aliphatic carbocycles. The van der Waals surface area contributed by atoms with E-state index in [1.54, 1.807) is 31.3 Å². The van der Waals surface area contributed by atoms with Gasteiger partial charge in [0, 0.05) is 17.8 Å². The van der Waals surface area contributed by atoms with Crippen molar-refractivity contribution in [2.75, 3.05) is 12.4 Å². The fourth-order valence-corrected chi connectivity index (χ4v) is 1.71. The van der Waals surface area contributed by atoms with Gasteiger partial charge in [0.25, 0.3) is 0 Å². The van der Waals surface area contributed by atoms with E-state index in [0.717, 1.165) is 5.69 Å². The zero-order valence-electron chi connectivity index (χ0n) is 11.9. The third kappa shape index (κ3) is 4.61. The lowest BCUT2D eigenvalue weighted by Gasteiger charge is -2.12. The van der Waals surface area contributed by atoms with Crippen molar-refractivity contribution in [3.63, 3.8) is 0 Å². The molecule has 0 unspecified atom stereocenters. The fraction of sp³-hybridized carbons (Fsp3) is 0.125. The van der Waals surface area contributed by atoms with E-state index < -0.39 is 0 Å². The Hall–Kier alpha value is -2.33. The number of halogens is 1. The Balaban J connectivity index is 1.96. The molecule has 2 rings (SSSR count). The van der Waals surface area contributed by atoms with Gasteiger partial charge in [-0.3, -0.25) is 4.90 Å². The van der Waals surface area contributed by atoms with Crippen LogP contribution >= 0.6 is 11.6 Å². The van der Waals surface area contributed by atoms with E-state index in [4.69, 9.17) is 11.6 Å². The summed E-state index contributed by atoms with van der Waals surface area (Å²) in [6.07, 6.45) is 1.48. The van der Waals surface area contributed by atoms with Crippen LogP contribution in [-0.4, -0.2) is 24.3 Å². The maximum atomic E-state index is 12.0. The third-order valence-electron chi connectivity index (χ3n) is 2.83. The van der Waals surface area contributed by atoms with Crippen LogP contribution in [0, 0.1) is 6.92 Å². The Kier molecular flexibility index (Phi) is 4.95. The standard InChI is InChI=1S/C16H16ClN3O/c1-12-3-7-14(8-4-12)18-11-20(2)16(21)19-15-9-5-13(17)6-10-15/h3-11H,1-2H3,(H,19,21). The number of amides is 2. The topological polar surface area (TPSA) is 44.7 Å². The fourth-order valence-electron chi connectivity index (χ4n) is 1.58. The summed E-state index contributed by atoms with van der Waals surface area (Å²) < 4.78 is 0. The minimum absolute atomic E-state index is 0.270. The number of carbonyl (C=O) groups is 1. The Morgan fingerprint density at radius 2 is 1.76 bits per heavy atom. The Morgan fingerprint density at radius 1 is 1.14 bits per heavy atom. The summed E-state index contributed by atoms with van der Waals surface area (Å²) in [5, 5.41) is 3.38. The monoisotopic (exact) mass is 301 g/mol. The Morgan fingerprint density at radius 3 is 2.38 bits per heavy atom. The first-order chi connectivity index (χ1) is 10.0. The van der Waals surface area contributed by atoms with Crippen molar-refractivity contribution >= 4 is 35.3 Å². The second-order valence-corrected chi connectivity index (χ2v) is 5.06. The number of urea groups is 1. The van der Waals surface area contributed by atoms with Gasteiger partial charge < -0.3 is 5.32 Å². The molecule has 0 bridgehead atoms. The van der Waals surface area contributed by atoms with Crippen molar-refractivity contribution in [3.05, 3.63) is 59.1 Å². The van der Waals surface area contributed by atoms with Crippen molar-refractivity contribution in [2.24, 2.45) is 4.99 Å². The van der Waals surface area contributed by atoms with Crippen LogP contribution in [-0.2, 0) is 0 Å². The summed E-state index contributed by atoms with van der Waals surface area (Å²) in [4.78, 5) is 17.6. The molecule has 0 spiro atoms. The van der Waals surface area contributed by atoms with E-state index in [2.05, 4.69) is 10.3 Å². The minimum atomic E-state index is -0.270. The largest absolute Gasteiger partial charge is 0.326 e. The highest BCUT2D eigenvalue weighted by atomic mass is 35.5. The molecule has 4 nitrogen and oxygen atoms in total. The smallest absolute Gasteiger partial charge is 0.308 e. The zero-order valence-corrected chi connectivity index (χ0v) is 12.6. The molecular weight excluding hydrogens is 286 g/mol. The molecule has 0 atom stereocenters. The number of benzene rings is 2. The average molecular weight is 302 g/mol. The lowest BCUT2D eigenvalue weighted by molar-refractivity contribution is 0.240. The molecule has 0 aromatic heterocycles. The number of hydrogen-bond donors (Lipinski definition) is 1. The van der Waals surface area contributed by atoms with Crippen molar-refractivity contribution < 1.29 is 4.79 Å². The van der Waals surface area contributed by atoms with E-state index in [9.17, 15) is 4.79 Å². The van der Waals surface area contributed by atoms with Gasteiger partial charge in [0.1, 0.15) is 0 Å². The van der Waals surface area contributed by atoms with Crippen molar-refractivity contribution in [2.45, 2.75) is 6.92 Å². The normalized spacial score (nSPS) is 10.6. The molecule has 0 aliphatic heterocycles. The molecule has 2 aromatic carbocycles. The molecule has 21 heavy (non-hydrogen) atoms. The number of nitrogens with zero attached hydrogens (tertiary/aromatic N) is 2. The highest BCUT2D eigenvalue weighted by molar-refractivity contribution is 6.30. The highest BCUT2D eigenvalue weighted by Gasteiger charge is 2.06. The van der Waals surface area contributed by atoms with Crippen LogP contribution in [0.3, 0.4) is 0 Å². The molecule has 5 heteroatoms. The lowest BCUT2D eigenvalue weighted by atomic mass is 10.2. The van der Waals surface area contributed by atoms with Gasteiger partial charge in [-0.05, 0) is 43.3 Å². The highest BCUT2D eigenvalue weighted by Crippen LogP contribution is 2.14. The third-order valence-corrected chi connectivity index (χ3v) is 3.08. The van der Waals surface area contributed by atoms with Crippen LogP contribution in [0.2, 0.25) is 5.02 Å². The molecular formula is C16H16ClN3O. The van der Waals surface area contributed by atoms with Crippen molar-refractivity contribution in [1.82, 2.24) is 4.90 Å². The number of hydrogen-bond acceptors (Lipinski definition) is 2. The number of carbonyl (C=O) groups excluding carboxylic acids is 1. The summed E-state index contributed by atoms with van der Waals surface area (Å²) in [6.45, 7) is 2.01. The number of anilines is 1. The maximum absolute atomic E-state index is 12.0. The van der Waals surface area contributed by atoms with Gasteiger partial charge in [-0.1, -0.05) is 29.3 Å². The van der Waals surface area contributed by atoms with Crippen LogP contribution in [0.4, 0.5) is 16.2 Å². The van der Waals surface area contributed by atoms with Crippen LogP contribution in [0.15, 0.2) is 53.5 Å². The van der Waals surface area contributed by atoms with Gasteiger partial charge in [-0.2, -0.15) is 0 Å². The van der Waals surface area contributed by atoms with Crippen LogP contribution in [0.5, 0.6) is 0 Å². The van der Waals surface area contributed by atoms with Gasteiger partial charge >= 0.3 is 6.03 Å².